The van der Waals surface area contributed by atoms with Gasteiger partial charge in [-0.3, -0.25) is 14.5 Å². The third kappa shape index (κ3) is 3.55. The molecule has 0 radical (unpaired) electrons. The lowest BCUT2D eigenvalue weighted by atomic mass is 10.1. The van der Waals surface area contributed by atoms with Crippen LogP contribution in [0.4, 0.5) is 11.4 Å². The Bertz CT molecular complexity index is 882. The van der Waals surface area contributed by atoms with Crippen LogP contribution in [0.3, 0.4) is 0 Å². The Kier molecular flexibility index (Phi) is 4.94. The molecule has 0 aromatic heterocycles. The summed E-state index contributed by atoms with van der Waals surface area (Å²) in [6, 6.07) is 10.4. The third-order valence-corrected chi connectivity index (χ3v) is 4.49. The van der Waals surface area contributed by atoms with E-state index in [1.807, 2.05) is 0 Å². The van der Waals surface area contributed by atoms with E-state index in [0.29, 0.717) is 11.4 Å². The van der Waals surface area contributed by atoms with Crippen molar-refractivity contribution in [2.75, 3.05) is 16.8 Å². The Morgan fingerprint density at radius 2 is 1.92 bits per heavy atom. The summed E-state index contributed by atoms with van der Waals surface area (Å²) < 4.78 is 6.22. The van der Waals surface area contributed by atoms with Crippen molar-refractivity contribution in [3.8, 4) is 5.75 Å². The fourth-order valence-corrected chi connectivity index (χ4v) is 2.89. The maximum Gasteiger partial charge on any atom is 0.335 e. The molecule has 0 aliphatic carbocycles. The predicted molar refractivity (Wildman–Crippen MR) is 98.6 cm³/mol. The number of anilines is 2. The monoisotopic (exact) mass is 418 g/mol. The Labute approximate surface area is 157 Å². The van der Waals surface area contributed by atoms with Gasteiger partial charge in [0.25, 0.3) is 5.91 Å². The summed E-state index contributed by atoms with van der Waals surface area (Å²) in [7, 11) is 0. The average molecular weight is 419 g/mol. The summed E-state index contributed by atoms with van der Waals surface area (Å²) in [5.41, 5.74) is 0.859. The van der Waals surface area contributed by atoms with E-state index in [1.165, 1.54) is 23.1 Å². The topological polar surface area (TPSA) is 95.9 Å². The van der Waals surface area contributed by atoms with E-state index in [1.54, 1.807) is 31.2 Å². The van der Waals surface area contributed by atoms with E-state index < -0.39 is 23.8 Å². The molecule has 2 aromatic rings. The second-order valence-electron chi connectivity index (χ2n) is 5.71. The van der Waals surface area contributed by atoms with Crippen LogP contribution in [0, 0.1) is 0 Å². The molecule has 3 rings (SSSR count). The third-order valence-electron chi connectivity index (χ3n) is 3.96. The van der Waals surface area contributed by atoms with E-state index >= 15 is 0 Å². The number of nitrogens with one attached hydrogen (secondary N) is 1. The largest absolute Gasteiger partial charge is 0.482 e. The van der Waals surface area contributed by atoms with Crippen molar-refractivity contribution < 1.29 is 24.2 Å². The number of halogens is 1. The molecule has 2 N–H and O–H groups in total. The van der Waals surface area contributed by atoms with Crippen molar-refractivity contribution in [2.45, 2.75) is 13.0 Å². The van der Waals surface area contributed by atoms with Gasteiger partial charge in [-0.2, -0.15) is 0 Å². The smallest absolute Gasteiger partial charge is 0.335 e. The number of carbonyl (C=O) groups is 3. The highest BCUT2D eigenvalue weighted by atomic mass is 79.9. The van der Waals surface area contributed by atoms with E-state index in [9.17, 15) is 19.5 Å². The van der Waals surface area contributed by atoms with Gasteiger partial charge < -0.3 is 15.2 Å². The first-order valence-corrected chi connectivity index (χ1v) is 8.55. The van der Waals surface area contributed by atoms with Gasteiger partial charge in [0.05, 0.1) is 11.3 Å². The molecule has 0 spiro atoms. The molecule has 2 amide bonds. The Morgan fingerprint density at radius 3 is 2.58 bits per heavy atom. The number of nitrogens with zero attached hydrogens (tertiary/aromatic N) is 1. The highest BCUT2D eigenvalue weighted by molar-refractivity contribution is 9.10. The van der Waals surface area contributed by atoms with Crippen LogP contribution >= 0.6 is 15.9 Å². The summed E-state index contributed by atoms with van der Waals surface area (Å²) in [6.45, 7) is 1.37. The molecule has 1 atom stereocenters. The first-order chi connectivity index (χ1) is 12.4. The quantitative estimate of drug-likeness (QED) is 0.795. The van der Waals surface area contributed by atoms with Gasteiger partial charge in [0.2, 0.25) is 5.91 Å². The van der Waals surface area contributed by atoms with Crippen molar-refractivity contribution in [3.05, 3.63) is 52.5 Å². The maximum absolute atomic E-state index is 12.6. The molecule has 1 heterocycles. The first-order valence-electron chi connectivity index (χ1n) is 7.75. The zero-order valence-electron chi connectivity index (χ0n) is 13.7. The molecule has 2 aromatic carbocycles. The molecular weight excluding hydrogens is 404 g/mol. The number of hydrogen-bond donors (Lipinski definition) is 2. The fraction of sp³-hybridized carbons (Fsp3) is 0.167. The minimum Gasteiger partial charge on any atom is -0.482 e. The summed E-state index contributed by atoms with van der Waals surface area (Å²) in [6.07, 6.45) is 0. The van der Waals surface area contributed by atoms with Gasteiger partial charge in [-0.15, -0.1) is 0 Å². The number of fused-ring (bicyclic) bond motifs is 1. The number of carbonyl (C=O) groups excluding carboxylic acids is 2. The molecule has 0 saturated heterocycles. The second-order valence-corrected chi connectivity index (χ2v) is 6.63. The van der Waals surface area contributed by atoms with Crippen molar-refractivity contribution in [1.82, 2.24) is 0 Å². The van der Waals surface area contributed by atoms with E-state index in [-0.39, 0.29) is 17.9 Å². The Hall–Kier alpha value is -2.87. The number of carboxylic acid groups (broad SMARTS) is 1. The number of amides is 2. The number of carboxylic acids is 1. The molecule has 0 fully saturated rings. The normalized spacial score (nSPS) is 14.2. The fourth-order valence-electron chi connectivity index (χ4n) is 2.63. The number of ether oxygens (including phenoxy) is 1. The molecule has 7 nitrogen and oxygen atoms in total. The van der Waals surface area contributed by atoms with Gasteiger partial charge in [-0.1, -0.05) is 15.9 Å². The maximum atomic E-state index is 12.6. The SMILES string of the molecule is CC(C(=O)Nc1ccc(Br)cc1)N1C(=O)COc2ccc(C(=O)O)cc21. The van der Waals surface area contributed by atoms with Crippen LogP contribution in [0.5, 0.6) is 5.75 Å². The second kappa shape index (κ2) is 7.17. The van der Waals surface area contributed by atoms with Gasteiger partial charge in [0.1, 0.15) is 11.8 Å². The molecular formula is C18H15BrN2O5. The average Bonchev–Trinajstić information content (AvgIpc) is 2.62. The lowest BCUT2D eigenvalue weighted by Crippen LogP contribution is -2.49. The van der Waals surface area contributed by atoms with Crippen LogP contribution in [0.1, 0.15) is 17.3 Å². The summed E-state index contributed by atoms with van der Waals surface area (Å²) in [5.74, 6) is -1.58. The molecule has 0 saturated carbocycles. The van der Waals surface area contributed by atoms with Gasteiger partial charge in [-0.05, 0) is 49.4 Å². The summed E-state index contributed by atoms with van der Waals surface area (Å²) >= 11 is 3.32. The highest BCUT2D eigenvalue weighted by Gasteiger charge is 2.33. The summed E-state index contributed by atoms with van der Waals surface area (Å²) in [4.78, 5) is 37.4. The number of benzene rings is 2. The van der Waals surface area contributed by atoms with E-state index in [2.05, 4.69) is 21.2 Å². The van der Waals surface area contributed by atoms with E-state index in [4.69, 9.17) is 4.74 Å². The van der Waals surface area contributed by atoms with E-state index in [0.717, 1.165) is 4.47 Å². The van der Waals surface area contributed by atoms with Gasteiger partial charge in [0, 0.05) is 10.2 Å². The zero-order valence-corrected chi connectivity index (χ0v) is 15.3. The minimum atomic E-state index is -1.13. The highest BCUT2D eigenvalue weighted by Crippen LogP contribution is 2.34. The van der Waals surface area contributed by atoms with Crippen molar-refractivity contribution in [3.63, 3.8) is 0 Å². The van der Waals surface area contributed by atoms with Crippen LogP contribution in [-0.4, -0.2) is 35.5 Å². The molecule has 134 valence electrons. The molecule has 1 aliphatic rings. The first kappa shape index (κ1) is 17.9. The molecule has 8 heteroatoms. The van der Waals surface area contributed by atoms with Crippen molar-refractivity contribution in [1.29, 1.82) is 0 Å². The number of rotatable bonds is 4. The zero-order chi connectivity index (χ0) is 18.8. The van der Waals surface area contributed by atoms with Gasteiger partial charge >= 0.3 is 5.97 Å². The minimum absolute atomic E-state index is 0.00701. The standard InChI is InChI=1S/C18H15BrN2O5/c1-10(17(23)20-13-5-3-12(19)4-6-13)21-14-8-11(18(24)25)2-7-15(14)26-9-16(21)22/h2-8,10H,9H2,1H3,(H,20,23)(H,24,25). The lowest BCUT2D eigenvalue weighted by Gasteiger charge is -2.33. The van der Waals surface area contributed by atoms with Crippen LogP contribution in [0.25, 0.3) is 0 Å². The summed E-state index contributed by atoms with van der Waals surface area (Å²) in [5, 5.41) is 11.9. The van der Waals surface area contributed by atoms with Crippen molar-refractivity contribution in [2.24, 2.45) is 0 Å². The van der Waals surface area contributed by atoms with Gasteiger partial charge in [-0.25, -0.2) is 4.79 Å². The van der Waals surface area contributed by atoms with Crippen LogP contribution in [-0.2, 0) is 9.59 Å². The molecule has 0 bridgehead atoms. The van der Waals surface area contributed by atoms with Crippen LogP contribution in [0.2, 0.25) is 0 Å². The molecule has 1 unspecified atom stereocenters. The molecule has 26 heavy (non-hydrogen) atoms. The lowest BCUT2D eigenvalue weighted by molar-refractivity contribution is -0.125. The van der Waals surface area contributed by atoms with Crippen LogP contribution in [0.15, 0.2) is 46.9 Å². The van der Waals surface area contributed by atoms with Crippen LogP contribution < -0.4 is 15.0 Å². The Balaban J connectivity index is 1.88. The predicted octanol–water partition coefficient (Wildman–Crippen LogP) is 2.90. The number of aromatic carboxylic acids is 1. The Morgan fingerprint density at radius 1 is 1.23 bits per heavy atom. The molecule has 1 aliphatic heterocycles. The number of hydrogen-bond acceptors (Lipinski definition) is 4. The van der Waals surface area contributed by atoms with Crippen molar-refractivity contribution >= 4 is 45.1 Å². The van der Waals surface area contributed by atoms with Gasteiger partial charge in [0.15, 0.2) is 6.61 Å².